The molecule has 1 aromatic heterocycles. The van der Waals surface area contributed by atoms with E-state index in [1.807, 2.05) is 5.38 Å². The molecule has 5 nitrogen and oxygen atoms in total. The molecule has 0 radical (unpaired) electrons. The monoisotopic (exact) mass is 270 g/mol. The lowest BCUT2D eigenvalue weighted by Crippen LogP contribution is -2.12. The number of carboxylic acids is 1. The Kier molecular flexibility index (Phi) is 4.95. The Morgan fingerprint density at radius 3 is 3.28 bits per heavy atom. The van der Waals surface area contributed by atoms with Crippen molar-refractivity contribution < 1.29 is 14.6 Å². The number of anilines is 1. The molecule has 1 atom stereocenters. The molecular weight excluding hydrogens is 252 g/mol. The average Bonchev–Trinajstić information content (AvgIpc) is 2.97. The summed E-state index contributed by atoms with van der Waals surface area (Å²) in [6.45, 7) is 1.75. The number of hydrogen-bond acceptors (Lipinski definition) is 5. The third-order valence-corrected chi connectivity index (χ3v) is 3.76. The molecule has 0 spiro atoms. The normalized spacial score (nSPS) is 19.0. The van der Waals surface area contributed by atoms with E-state index in [0.29, 0.717) is 12.5 Å². The molecule has 1 aromatic rings. The van der Waals surface area contributed by atoms with Crippen molar-refractivity contribution in [3.63, 3.8) is 0 Å². The third kappa shape index (κ3) is 4.27. The molecule has 2 heterocycles. The van der Waals surface area contributed by atoms with Crippen LogP contribution >= 0.6 is 11.3 Å². The van der Waals surface area contributed by atoms with Crippen molar-refractivity contribution in [1.29, 1.82) is 0 Å². The number of nitrogens with zero attached hydrogens (tertiary/aromatic N) is 1. The molecule has 2 rings (SSSR count). The van der Waals surface area contributed by atoms with Crippen LogP contribution in [0.4, 0.5) is 5.13 Å². The topological polar surface area (TPSA) is 71.5 Å². The highest BCUT2D eigenvalue weighted by Crippen LogP contribution is 2.18. The summed E-state index contributed by atoms with van der Waals surface area (Å²) in [6.07, 6.45) is 4.36. The molecule has 0 bridgehead atoms. The lowest BCUT2D eigenvalue weighted by molar-refractivity contribution is -0.136. The Morgan fingerprint density at radius 2 is 2.56 bits per heavy atom. The van der Waals surface area contributed by atoms with E-state index in [4.69, 9.17) is 9.84 Å². The summed E-state index contributed by atoms with van der Waals surface area (Å²) >= 11 is 1.53. The number of carboxylic acid groups (broad SMARTS) is 1. The quantitative estimate of drug-likeness (QED) is 0.794. The Bertz CT molecular complexity index is 388. The second-order valence-corrected chi connectivity index (χ2v) is 5.25. The number of aromatic nitrogens is 1. The predicted molar refractivity (Wildman–Crippen MR) is 70.2 cm³/mol. The van der Waals surface area contributed by atoms with Gasteiger partial charge in [0, 0.05) is 25.0 Å². The van der Waals surface area contributed by atoms with Crippen LogP contribution in [-0.4, -0.2) is 35.3 Å². The SMILES string of the molecule is O=C(O)CCc1csc(NCCC2CCCO2)n1. The van der Waals surface area contributed by atoms with Crippen LogP contribution in [0.5, 0.6) is 0 Å². The first-order valence-electron chi connectivity index (χ1n) is 6.25. The standard InChI is InChI=1S/C12H18N2O3S/c15-11(16)4-3-9-8-18-12(14-9)13-6-5-10-2-1-7-17-10/h8,10H,1-7H2,(H,13,14)(H,15,16). The van der Waals surface area contributed by atoms with Gasteiger partial charge in [0.1, 0.15) is 0 Å². The minimum absolute atomic E-state index is 0.138. The fourth-order valence-corrected chi connectivity index (χ4v) is 2.72. The molecule has 1 aliphatic rings. The first-order chi connectivity index (χ1) is 8.74. The predicted octanol–water partition coefficient (Wildman–Crippen LogP) is 2.14. The molecule has 1 aliphatic heterocycles. The summed E-state index contributed by atoms with van der Waals surface area (Å²) in [5.41, 5.74) is 0.849. The largest absolute Gasteiger partial charge is 0.481 e. The minimum Gasteiger partial charge on any atom is -0.481 e. The molecular formula is C12H18N2O3S. The number of aliphatic carboxylic acids is 1. The zero-order valence-electron chi connectivity index (χ0n) is 10.2. The van der Waals surface area contributed by atoms with E-state index in [1.165, 1.54) is 17.8 Å². The van der Waals surface area contributed by atoms with Crippen molar-refractivity contribution in [3.8, 4) is 0 Å². The molecule has 1 saturated heterocycles. The Morgan fingerprint density at radius 1 is 1.67 bits per heavy atom. The summed E-state index contributed by atoms with van der Waals surface area (Å²) in [7, 11) is 0. The average molecular weight is 270 g/mol. The van der Waals surface area contributed by atoms with Crippen LogP contribution in [0.25, 0.3) is 0 Å². The maximum atomic E-state index is 10.4. The van der Waals surface area contributed by atoms with Crippen LogP contribution in [0.15, 0.2) is 5.38 Å². The fourth-order valence-electron chi connectivity index (χ4n) is 1.95. The number of hydrogen-bond donors (Lipinski definition) is 2. The summed E-state index contributed by atoms with van der Waals surface area (Å²) in [5, 5.41) is 14.6. The zero-order chi connectivity index (χ0) is 12.8. The maximum absolute atomic E-state index is 10.4. The smallest absolute Gasteiger partial charge is 0.303 e. The van der Waals surface area contributed by atoms with Gasteiger partial charge in [0.15, 0.2) is 5.13 Å². The highest BCUT2D eigenvalue weighted by Gasteiger charge is 2.14. The molecule has 0 saturated carbocycles. The molecule has 18 heavy (non-hydrogen) atoms. The van der Waals surface area contributed by atoms with E-state index < -0.39 is 5.97 Å². The lowest BCUT2D eigenvalue weighted by Gasteiger charge is -2.08. The lowest BCUT2D eigenvalue weighted by atomic mass is 10.2. The van der Waals surface area contributed by atoms with E-state index in [9.17, 15) is 4.79 Å². The van der Waals surface area contributed by atoms with Gasteiger partial charge in [0.2, 0.25) is 0 Å². The number of ether oxygens (including phenoxy) is 1. The van der Waals surface area contributed by atoms with E-state index in [2.05, 4.69) is 10.3 Å². The highest BCUT2D eigenvalue weighted by atomic mass is 32.1. The summed E-state index contributed by atoms with van der Waals surface area (Å²) in [5.74, 6) is -0.782. The van der Waals surface area contributed by atoms with Gasteiger partial charge in [-0.2, -0.15) is 0 Å². The molecule has 1 unspecified atom stereocenters. The number of carbonyl (C=O) groups is 1. The van der Waals surface area contributed by atoms with Gasteiger partial charge in [-0.3, -0.25) is 4.79 Å². The first-order valence-corrected chi connectivity index (χ1v) is 7.13. The van der Waals surface area contributed by atoms with Gasteiger partial charge in [-0.25, -0.2) is 4.98 Å². The summed E-state index contributed by atoms with van der Waals surface area (Å²) in [6, 6.07) is 0. The summed E-state index contributed by atoms with van der Waals surface area (Å²) in [4.78, 5) is 14.8. The van der Waals surface area contributed by atoms with Crippen LogP contribution in [0.3, 0.4) is 0 Å². The molecule has 0 amide bonds. The van der Waals surface area contributed by atoms with E-state index >= 15 is 0 Å². The molecule has 100 valence electrons. The van der Waals surface area contributed by atoms with Crippen LogP contribution in [-0.2, 0) is 16.0 Å². The molecule has 2 N–H and O–H groups in total. The maximum Gasteiger partial charge on any atom is 0.303 e. The van der Waals surface area contributed by atoms with Gasteiger partial charge in [-0.05, 0) is 19.3 Å². The van der Waals surface area contributed by atoms with Crippen molar-refractivity contribution in [2.75, 3.05) is 18.5 Å². The second-order valence-electron chi connectivity index (χ2n) is 4.39. The summed E-state index contributed by atoms with van der Waals surface area (Å²) < 4.78 is 5.54. The van der Waals surface area contributed by atoms with E-state index in [1.54, 1.807) is 0 Å². The van der Waals surface area contributed by atoms with Crippen LogP contribution < -0.4 is 5.32 Å². The van der Waals surface area contributed by atoms with Crippen LogP contribution in [0.2, 0.25) is 0 Å². The van der Waals surface area contributed by atoms with Gasteiger partial charge in [0.05, 0.1) is 18.2 Å². The third-order valence-electron chi connectivity index (χ3n) is 2.91. The van der Waals surface area contributed by atoms with Crippen molar-refractivity contribution in [2.24, 2.45) is 0 Å². The van der Waals surface area contributed by atoms with Gasteiger partial charge in [-0.1, -0.05) is 0 Å². The molecule has 1 fully saturated rings. The number of aryl methyl sites for hydroxylation is 1. The van der Waals surface area contributed by atoms with Crippen molar-refractivity contribution in [3.05, 3.63) is 11.1 Å². The number of nitrogens with one attached hydrogen (secondary N) is 1. The second kappa shape index (κ2) is 6.70. The van der Waals surface area contributed by atoms with Gasteiger partial charge in [0.25, 0.3) is 0 Å². The van der Waals surface area contributed by atoms with Crippen molar-refractivity contribution in [1.82, 2.24) is 4.98 Å². The Labute approximate surface area is 110 Å². The minimum atomic E-state index is -0.782. The number of thiazole rings is 1. The Balaban J connectivity index is 1.67. The van der Waals surface area contributed by atoms with Gasteiger partial charge < -0.3 is 15.2 Å². The van der Waals surface area contributed by atoms with E-state index in [0.717, 1.165) is 36.8 Å². The van der Waals surface area contributed by atoms with Crippen LogP contribution in [0, 0.1) is 0 Å². The van der Waals surface area contributed by atoms with Gasteiger partial charge in [-0.15, -0.1) is 11.3 Å². The number of rotatable bonds is 7. The Hall–Kier alpha value is -1.14. The first kappa shape index (κ1) is 13.3. The van der Waals surface area contributed by atoms with E-state index in [-0.39, 0.29) is 6.42 Å². The van der Waals surface area contributed by atoms with Crippen molar-refractivity contribution >= 4 is 22.4 Å². The van der Waals surface area contributed by atoms with Crippen LogP contribution in [0.1, 0.15) is 31.4 Å². The molecule has 6 heteroatoms. The molecule has 0 aromatic carbocycles. The fraction of sp³-hybridized carbons (Fsp3) is 0.667. The highest BCUT2D eigenvalue weighted by molar-refractivity contribution is 7.13. The van der Waals surface area contributed by atoms with Gasteiger partial charge >= 0.3 is 5.97 Å². The molecule has 0 aliphatic carbocycles. The van der Waals surface area contributed by atoms with Crippen molar-refractivity contribution in [2.45, 2.75) is 38.2 Å². The zero-order valence-corrected chi connectivity index (χ0v) is 11.0.